The Hall–Kier alpha value is -1.69. The SMILES string of the molecule is Cc1noc2ncnc(N3CC4(CN(C)C4)C3)c12. The van der Waals surface area contributed by atoms with Gasteiger partial charge in [-0.2, -0.15) is 4.98 Å². The summed E-state index contributed by atoms with van der Waals surface area (Å²) in [5.41, 5.74) is 1.95. The molecule has 0 amide bonds. The van der Waals surface area contributed by atoms with Gasteiger partial charge < -0.3 is 14.3 Å². The molecule has 0 aliphatic carbocycles. The number of rotatable bonds is 1. The first-order valence-corrected chi connectivity index (χ1v) is 6.17. The molecule has 0 radical (unpaired) electrons. The van der Waals surface area contributed by atoms with Crippen LogP contribution in [0.5, 0.6) is 0 Å². The number of nitrogens with zero attached hydrogens (tertiary/aromatic N) is 5. The fourth-order valence-corrected chi connectivity index (χ4v) is 3.36. The number of hydrogen-bond donors (Lipinski definition) is 0. The molecular weight excluding hydrogens is 230 g/mol. The predicted molar refractivity (Wildman–Crippen MR) is 66.5 cm³/mol. The summed E-state index contributed by atoms with van der Waals surface area (Å²) in [6, 6.07) is 0. The van der Waals surface area contributed by atoms with E-state index in [0.29, 0.717) is 11.1 Å². The third-order valence-electron chi connectivity index (χ3n) is 3.99. The summed E-state index contributed by atoms with van der Waals surface area (Å²) in [5.74, 6) is 0.971. The molecule has 0 aromatic carbocycles. The van der Waals surface area contributed by atoms with Gasteiger partial charge in [0.05, 0.1) is 5.69 Å². The van der Waals surface area contributed by atoms with Crippen LogP contribution < -0.4 is 4.90 Å². The zero-order valence-electron chi connectivity index (χ0n) is 10.6. The van der Waals surface area contributed by atoms with E-state index < -0.39 is 0 Å². The zero-order chi connectivity index (χ0) is 12.3. The Morgan fingerprint density at radius 1 is 1.22 bits per heavy atom. The van der Waals surface area contributed by atoms with E-state index in [1.54, 1.807) is 6.33 Å². The standard InChI is InChI=1S/C12H15N5O/c1-8-9-10(13-7-14-11(9)18-15-8)17-5-12(6-17)3-16(2)4-12/h7H,3-6H2,1-2H3. The maximum Gasteiger partial charge on any atom is 0.263 e. The van der Waals surface area contributed by atoms with Crippen LogP contribution in [0.3, 0.4) is 0 Å². The molecule has 1 spiro atoms. The van der Waals surface area contributed by atoms with Crippen molar-refractivity contribution in [2.75, 3.05) is 38.1 Å². The average Bonchev–Trinajstić information content (AvgIpc) is 2.64. The van der Waals surface area contributed by atoms with Gasteiger partial charge in [-0.25, -0.2) is 4.98 Å². The van der Waals surface area contributed by atoms with Gasteiger partial charge >= 0.3 is 0 Å². The Morgan fingerprint density at radius 2 is 2.00 bits per heavy atom. The molecule has 0 unspecified atom stereocenters. The molecule has 2 aliphatic heterocycles. The largest absolute Gasteiger partial charge is 0.354 e. The quantitative estimate of drug-likeness (QED) is 0.736. The highest BCUT2D eigenvalue weighted by atomic mass is 16.5. The summed E-state index contributed by atoms with van der Waals surface area (Å²) in [6.45, 7) is 6.48. The van der Waals surface area contributed by atoms with Crippen LogP contribution in [0.25, 0.3) is 11.1 Å². The van der Waals surface area contributed by atoms with Crippen LogP contribution in [0, 0.1) is 12.3 Å². The van der Waals surface area contributed by atoms with Gasteiger partial charge in [-0.15, -0.1) is 0 Å². The minimum atomic E-state index is 0.497. The molecule has 4 heterocycles. The van der Waals surface area contributed by atoms with E-state index in [2.05, 4.69) is 32.0 Å². The third-order valence-corrected chi connectivity index (χ3v) is 3.99. The lowest BCUT2D eigenvalue weighted by atomic mass is 9.73. The van der Waals surface area contributed by atoms with Crippen molar-refractivity contribution < 1.29 is 4.52 Å². The number of likely N-dealkylation sites (tertiary alicyclic amines) is 1. The molecule has 0 bridgehead atoms. The van der Waals surface area contributed by atoms with Crippen LogP contribution in [0.1, 0.15) is 5.69 Å². The second kappa shape index (κ2) is 3.20. The molecule has 2 aromatic rings. The predicted octanol–water partition coefficient (Wildman–Crippen LogP) is 0.678. The maximum atomic E-state index is 5.18. The Kier molecular flexibility index (Phi) is 1.82. The second-order valence-corrected chi connectivity index (χ2v) is 5.67. The van der Waals surface area contributed by atoms with Crippen molar-refractivity contribution in [1.82, 2.24) is 20.0 Å². The minimum absolute atomic E-state index is 0.497. The van der Waals surface area contributed by atoms with Crippen LogP contribution in [-0.4, -0.2) is 53.3 Å². The molecule has 18 heavy (non-hydrogen) atoms. The van der Waals surface area contributed by atoms with E-state index in [1.807, 2.05) is 6.92 Å². The number of anilines is 1. The number of fused-ring (bicyclic) bond motifs is 1. The molecule has 2 fully saturated rings. The Balaban J connectivity index is 1.66. The lowest BCUT2D eigenvalue weighted by Gasteiger charge is -2.59. The van der Waals surface area contributed by atoms with Gasteiger partial charge in [-0.05, 0) is 14.0 Å². The number of aryl methyl sites for hydroxylation is 1. The summed E-state index contributed by atoms with van der Waals surface area (Å²) >= 11 is 0. The smallest absolute Gasteiger partial charge is 0.263 e. The van der Waals surface area contributed by atoms with E-state index >= 15 is 0 Å². The fourth-order valence-electron chi connectivity index (χ4n) is 3.36. The van der Waals surface area contributed by atoms with Gasteiger partial charge in [0.1, 0.15) is 17.5 Å². The highest BCUT2D eigenvalue weighted by Crippen LogP contribution is 2.42. The highest BCUT2D eigenvalue weighted by molar-refractivity contribution is 5.88. The molecule has 4 rings (SSSR count). The maximum absolute atomic E-state index is 5.18. The molecule has 94 valence electrons. The van der Waals surface area contributed by atoms with Crippen LogP contribution in [0.2, 0.25) is 0 Å². The number of hydrogen-bond acceptors (Lipinski definition) is 6. The fraction of sp³-hybridized carbons (Fsp3) is 0.583. The Bertz CT molecular complexity index is 608. The van der Waals surface area contributed by atoms with Crippen molar-refractivity contribution in [3.8, 4) is 0 Å². The second-order valence-electron chi connectivity index (χ2n) is 5.67. The highest BCUT2D eigenvalue weighted by Gasteiger charge is 2.51. The first-order valence-electron chi connectivity index (χ1n) is 6.17. The van der Waals surface area contributed by atoms with Crippen LogP contribution in [0.4, 0.5) is 5.82 Å². The van der Waals surface area contributed by atoms with Crippen molar-refractivity contribution in [3.63, 3.8) is 0 Å². The van der Waals surface area contributed by atoms with Gasteiger partial charge in [0.25, 0.3) is 5.71 Å². The molecule has 2 saturated heterocycles. The monoisotopic (exact) mass is 245 g/mol. The van der Waals surface area contributed by atoms with Crippen molar-refractivity contribution >= 4 is 16.9 Å². The van der Waals surface area contributed by atoms with E-state index in [1.165, 1.54) is 13.1 Å². The van der Waals surface area contributed by atoms with Gasteiger partial charge in [-0.3, -0.25) is 0 Å². The van der Waals surface area contributed by atoms with Crippen LogP contribution in [-0.2, 0) is 0 Å². The van der Waals surface area contributed by atoms with Gasteiger partial charge in [0.15, 0.2) is 0 Å². The molecule has 2 aliphatic rings. The van der Waals surface area contributed by atoms with E-state index in [0.717, 1.165) is 30.0 Å². The molecule has 0 atom stereocenters. The summed E-state index contributed by atoms with van der Waals surface area (Å²) in [7, 11) is 2.17. The van der Waals surface area contributed by atoms with Gasteiger partial charge in [0, 0.05) is 31.6 Å². The number of aromatic nitrogens is 3. The minimum Gasteiger partial charge on any atom is -0.354 e. The first-order chi connectivity index (χ1) is 8.67. The molecule has 0 N–H and O–H groups in total. The van der Waals surface area contributed by atoms with Gasteiger partial charge in [-0.1, -0.05) is 5.16 Å². The lowest BCUT2D eigenvalue weighted by molar-refractivity contribution is -0.00265. The Labute approximate surface area is 105 Å². The molecule has 6 nitrogen and oxygen atoms in total. The lowest BCUT2D eigenvalue weighted by Crippen LogP contribution is -2.71. The van der Waals surface area contributed by atoms with Crippen molar-refractivity contribution in [1.29, 1.82) is 0 Å². The molecule has 2 aromatic heterocycles. The van der Waals surface area contributed by atoms with E-state index in [4.69, 9.17) is 4.52 Å². The van der Waals surface area contributed by atoms with Crippen molar-refractivity contribution in [2.24, 2.45) is 5.41 Å². The molecule has 0 saturated carbocycles. The topological polar surface area (TPSA) is 58.3 Å². The van der Waals surface area contributed by atoms with E-state index in [9.17, 15) is 0 Å². The molecular formula is C12H15N5O. The normalized spacial score (nSPS) is 22.2. The Morgan fingerprint density at radius 3 is 2.72 bits per heavy atom. The summed E-state index contributed by atoms with van der Waals surface area (Å²) < 4.78 is 5.18. The van der Waals surface area contributed by atoms with Crippen LogP contribution >= 0.6 is 0 Å². The van der Waals surface area contributed by atoms with Gasteiger partial charge in [0.2, 0.25) is 0 Å². The average molecular weight is 245 g/mol. The van der Waals surface area contributed by atoms with Crippen molar-refractivity contribution in [2.45, 2.75) is 6.92 Å². The first kappa shape index (κ1) is 10.3. The summed E-state index contributed by atoms with van der Waals surface area (Å²) in [6.07, 6.45) is 1.56. The van der Waals surface area contributed by atoms with Crippen molar-refractivity contribution in [3.05, 3.63) is 12.0 Å². The van der Waals surface area contributed by atoms with E-state index in [-0.39, 0.29) is 0 Å². The third kappa shape index (κ3) is 1.23. The zero-order valence-corrected chi connectivity index (χ0v) is 10.6. The molecule has 6 heteroatoms. The van der Waals surface area contributed by atoms with Crippen LogP contribution in [0.15, 0.2) is 10.9 Å². The summed E-state index contributed by atoms with van der Waals surface area (Å²) in [5, 5.41) is 4.93. The summed E-state index contributed by atoms with van der Waals surface area (Å²) in [4.78, 5) is 13.2.